The Labute approximate surface area is 439 Å². The molecule has 3 N–H and O–H groups in total. The first kappa shape index (κ1) is 54.9. The molecule has 9 rings (SSSR count). The summed E-state index contributed by atoms with van der Waals surface area (Å²) in [7, 11) is 3.97. The van der Waals surface area contributed by atoms with E-state index in [1.165, 1.54) is 39.4 Å². The Morgan fingerprint density at radius 3 is 2.17 bits per heavy atom. The fourth-order valence-corrected chi connectivity index (χ4v) is 11.8. The van der Waals surface area contributed by atoms with Gasteiger partial charge >= 0.3 is 37.0 Å². The molecule has 6 fully saturated rings. The molecule has 3 saturated carbocycles. The fraction of sp³-hybridized carbons (Fsp3) is 0.538. The van der Waals surface area contributed by atoms with Gasteiger partial charge in [0.05, 0.1) is 51.1 Å². The topological polar surface area (TPSA) is 213 Å². The van der Waals surface area contributed by atoms with E-state index in [-0.39, 0.29) is 77.6 Å². The number of amides is 7. The number of carbonyl (C=O) groups excluding carboxylic acids is 6. The summed E-state index contributed by atoms with van der Waals surface area (Å²) in [5, 5.41) is 7.96. The molecule has 3 aromatic carbocycles. The predicted octanol–water partition coefficient (Wildman–Crippen LogP) is 6.72. The third-order valence-electron chi connectivity index (χ3n) is 15.5. The predicted molar refractivity (Wildman–Crippen MR) is 270 cm³/mol. The van der Waals surface area contributed by atoms with Crippen LogP contribution < -0.4 is 34.9 Å². The molecular weight excluding hydrogens is 1000 g/mol. The van der Waals surface area contributed by atoms with Gasteiger partial charge in [-0.2, -0.15) is 0 Å². The second-order valence-corrected chi connectivity index (χ2v) is 21.7. The van der Waals surface area contributed by atoms with E-state index in [2.05, 4.69) is 29.8 Å². The van der Waals surface area contributed by atoms with Gasteiger partial charge in [-0.1, -0.05) is 37.6 Å². The van der Waals surface area contributed by atoms with Crippen molar-refractivity contribution in [3.63, 3.8) is 0 Å². The number of imide groups is 1. The molecule has 0 spiro atoms. The van der Waals surface area contributed by atoms with Gasteiger partial charge in [-0.05, 0) is 107 Å². The molecule has 23 heteroatoms. The van der Waals surface area contributed by atoms with Crippen LogP contribution in [0.3, 0.4) is 0 Å². The van der Waals surface area contributed by atoms with E-state index in [9.17, 15) is 24.0 Å². The van der Waals surface area contributed by atoms with Crippen LogP contribution in [0.15, 0.2) is 42.5 Å². The molecule has 2 bridgehead atoms. The molecule has 7 amide bonds. The first-order valence-electron chi connectivity index (χ1n) is 24.9. The lowest BCUT2D eigenvalue weighted by Gasteiger charge is -2.64. The largest absolute Gasteiger partial charge is 0.497 e. The van der Waals surface area contributed by atoms with E-state index in [0.29, 0.717) is 41.5 Å². The number of urea groups is 2. The maximum Gasteiger partial charge on any atom is 0.482 e. The summed E-state index contributed by atoms with van der Waals surface area (Å²) in [5.41, 5.74) is -1.90. The van der Waals surface area contributed by atoms with Crippen molar-refractivity contribution >= 4 is 60.2 Å². The summed E-state index contributed by atoms with van der Waals surface area (Å²) >= 11 is 6.88. The van der Waals surface area contributed by atoms with Crippen molar-refractivity contribution in [3.05, 3.63) is 75.8 Å². The number of likely N-dealkylation sites (tertiary alicyclic amines) is 1. The van der Waals surface area contributed by atoms with Crippen molar-refractivity contribution < 1.29 is 70.5 Å². The van der Waals surface area contributed by atoms with Crippen LogP contribution in [0.25, 0.3) is 0 Å². The Bertz CT molecular complexity index is 2760. The van der Waals surface area contributed by atoms with Crippen molar-refractivity contribution in [2.24, 2.45) is 17.3 Å². The number of hydrogen-bond acceptors (Lipinski definition) is 13. The van der Waals surface area contributed by atoms with Crippen LogP contribution >= 0.6 is 11.6 Å². The summed E-state index contributed by atoms with van der Waals surface area (Å²) < 4.78 is 72.2. The number of anilines is 1. The average molecular weight is 1070 g/mol. The highest BCUT2D eigenvalue weighted by atomic mass is 35.5. The number of benzene rings is 3. The standard InChI is InChI=1S/C52H64BClF2N6O13/c1-50(2,3)73-47(66)38-33(55)15-14-27(41(38)70-8)22-37(53-74-36-24-28-23-35(51(28,4)5)52(36,6)75-53)58-44(63)40(32-26-34(56)42(71-9)43(72-10)39(32)54)59-49(68)62-21-20-61(45(64)46(62)65)30-16-18-60(19-17-30)48(67)57-29-12-11-13-31(25-29)69-7/h11-15,25-26,28,30,35-37,40H,16-24H2,1-10H3,(H,57,67)(H,58,63)(H,59,68)/t28-,35-,36+,37-,40?,52-/m0/s1. The Kier molecular flexibility index (Phi) is 15.6. The van der Waals surface area contributed by atoms with Crippen LogP contribution in [-0.4, -0.2) is 141 Å². The van der Waals surface area contributed by atoms with Gasteiger partial charge in [-0.15, -0.1) is 0 Å². The Morgan fingerprint density at radius 2 is 1.53 bits per heavy atom. The van der Waals surface area contributed by atoms with Crippen LogP contribution in [0.5, 0.6) is 23.0 Å². The molecule has 3 saturated heterocycles. The molecule has 0 radical (unpaired) electrons. The normalized spacial score (nSPS) is 23.1. The number of nitrogens with one attached hydrogen (secondary N) is 3. The molecule has 75 heavy (non-hydrogen) atoms. The van der Waals surface area contributed by atoms with Gasteiger partial charge in [0, 0.05) is 49.5 Å². The lowest BCUT2D eigenvalue weighted by atomic mass is 9.43. The lowest BCUT2D eigenvalue weighted by Crippen LogP contribution is -2.65. The van der Waals surface area contributed by atoms with Crippen molar-refractivity contribution in [1.29, 1.82) is 0 Å². The molecule has 6 aliphatic rings. The SMILES string of the molecule is COc1cccc(NC(=O)N2CCC(N3CCN(C(=O)NC(C(=O)N[C@@H](Cc4ccc(F)c(C(=O)OC(C)(C)C)c4OC)B4O[C@@H]5C[C@@H]6C[C@@H](C6(C)C)[C@]5(C)O4)c4cc(F)c(OC)c(OC)c4Cl)C(=O)C3=O)CC2)c1. The number of rotatable bonds is 14. The zero-order valence-corrected chi connectivity index (χ0v) is 44.5. The van der Waals surface area contributed by atoms with E-state index < -0.39 is 95.1 Å². The second-order valence-electron chi connectivity index (χ2n) is 21.3. The molecule has 19 nitrogen and oxygen atoms in total. The number of esters is 1. The van der Waals surface area contributed by atoms with E-state index in [1.54, 1.807) is 49.9 Å². The van der Waals surface area contributed by atoms with Gasteiger partial charge in [-0.25, -0.2) is 23.2 Å². The number of nitrogens with zero attached hydrogens (tertiary/aromatic N) is 3. The molecule has 3 heterocycles. The number of piperidine rings is 1. The van der Waals surface area contributed by atoms with Gasteiger partial charge in [0.15, 0.2) is 17.3 Å². The van der Waals surface area contributed by atoms with Crippen LogP contribution in [0.4, 0.5) is 24.1 Å². The summed E-state index contributed by atoms with van der Waals surface area (Å²) in [5.74, 6) is -7.18. The molecule has 3 aliphatic carbocycles. The van der Waals surface area contributed by atoms with Crippen LogP contribution in [0, 0.1) is 28.9 Å². The van der Waals surface area contributed by atoms with Gasteiger partial charge in [-0.3, -0.25) is 19.3 Å². The highest BCUT2D eigenvalue weighted by Crippen LogP contribution is 2.66. The number of ether oxygens (including phenoxy) is 5. The first-order valence-corrected chi connectivity index (χ1v) is 25.3. The highest BCUT2D eigenvalue weighted by Gasteiger charge is 2.68. The monoisotopic (exact) mass is 1060 g/mol. The molecular formula is C52H64BClF2N6O13. The summed E-state index contributed by atoms with van der Waals surface area (Å²) in [6.07, 6.45) is 1.65. The first-order chi connectivity index (χ1) is 35.4. The Balaban J connectivity index is 1.06. The van der Waals surface area contributed by atoms with Gasteiger partial charge < -0.3 is 58.7 Å². The van der Waals surface area contributed by atoms with E-state index in [0.717, 1.165) is 18.6 Å². The molecule has 0 aromatic heterocycles. The minimum absolute atomic E-state index is 0.0664. The molecule has 3 aliphatic heterocycles. The number of piperazine rings is 1. The maximum atomic E-state index is 16.0. The summed E-state index contributed by atoms with van der Waals surface area (Å²) in [4.78, 5) is 87.6. The van der Waals surface area contributed by atoms with Crippen molar-refractivity contribution in [1.82, 2.24) is 25.3 Å². The molecule has 404 valence electrons. The van der Waals surface area contributed by atoms with Gasteiger partial charge in [0.25, 0.3) is 0 Å². The number of hydrogen-bond donors (Lipinski definition) is 3. The minimum atomic E-state index is -1.91. The number of carbonyl (C=O) groups is 6. The van der Waals surface area contributed by atoms with Gasteiger partial charge in [0.1, 0.15) is 34.5 Å². The van der Waals surface area contributed by atoms with Crippen LogP contribution in [0.1, 0.15) is 94.8 Å². The van der Waals surface area contributed by atoms with Crippen molar-refractivity contribution in [2.45, 2.75) is 109 Å². The number of methoxy groups -OCH3 is 4. The second kappa shape index (κ2) is 21.3. The third-order valence-corrected chi connectivity index (χ3v) is 15.9. The number of halogens is 3. The zero-order chi connectivity index (χ0) is 54.5. The van der Waals surface area contributed by atoms with E-state index in [1.807, 2.05) is 6.92 Å². The van der Waals surface area contributed by atoms with Crippen molar-refractivity contribution in [2.75, 3.05) is 59.9 Å². The van der Waals surface area contributed by atoms with Crippen LogP contribution in [-0.2, 0) is 34.9 Å². The molecule has 3 aromatic rings. The van der Waals surface area contributed by atoms with Crippen molar-refractivity contribution in [3.8, 4) is 23.0 Å². The third kappa shape index (κ3) is 10.6. The minimum Gasteiger partial charge on any atom is -0.497 e. The summed E-state index contributed by atoms with van der Waals surface area (Å²) in [6, 6.07) is 6.38. The quantitative estimate of drug-likeness (QED) is 0.0871. The molecule has 6 atom stereocenters. The maximum absolute atomic E-state index is 16.0. The lowest BCUT2D eigenvalue weighted by molar-refractivity contribution is -0.199. The Hall–Kier alpha value is -6.39. The van der Waals surface area contributed by atoms with Gasteiger partial charge in [0.2, 0.25) is 5.91 Å². The summed E-state index contributed by atoms with van der Waals surface area (Å²) in [6.45, 7) is 11.4. The zero-order valence-electron chi connectivity index (χ0n) is 43.7. The smallest absolute Gasteiger partial charge is 0.482 e. The average Bonchev–Trinajstić information content (AvgIpc) is 3.75. The Morgan fingerprint density at radius 1 is 0.840 bits per heavy atom. The van der Waals surface area contributed by atoms with E-state index >= 15 is 13.6 Å². The highest BCUT2D eigenvalue weighted by molar-refractivity contribution is 6.48. The van der Waals surface area contributed by atoms with E-state index in [4.69, 9.17) is 44.6 Å². The fourth-order valence-electron chi connectivity index (χ4n) is 11.5. The van der Waals surface area contributed by atoms with Crippen LogP contribution in [0.2, 0.25) is 5.02 Å². The molecule has 1 unspecified atom stereocenters.